The van der Waals surface area contributed by atoms with Crippen LogP contribution in [0.25, 0.3) is 11.0 Å². The molecule has 0 saturated heterocycles. The van der Waals surface area contributed by atoms with Gasteiger partial charge in [-0.15, -0.1) is 0 Å². The number of aromatic amines is 1. The summed E-state index contributed by atoms with van der Waals surface area (Å²) in [7, 11) is 1.89. The van der Waals surface area contributed by atoms with Crippen LogP contribution in [-0.2, 0) is 6.54 Å². The molecule has 2 N–H and O–H groups in total. The van der Waals surface area contributed by atoms with Crippen molar-refractivity contribution in [3.63, 3.8) is 0 Å². The molecular weight excluding hydrogens is 188 g/mol. The number of hydrogen-bond donors (Lipinski definition) is 2. The second-order valence-corrected chi connectivity index (χ2v) is 3.10. The van der Waals surface area contributed by atoms with Crippen LogP contribution in [-0.4, -0.2) is 22.0 Å². The summed E-state index contributed by atoms with van der Waals surface area (Å²) < 4.78 is 0. The van der Waals surface area contributed by atoms with E-state index in [0.29, 0.717) is 0 Å². The van der Waals surface area contributed by atoms with Gasteiger partial charge in [0.25, 0.3) is 0 Å². The Morgan fingerprint density at radius 1 is 1.62 bits per heavy atom. The summed E-state index contributed by atoms with van der Waals surface area (Å²) in [5.41, 5.74) is 2.84. The van der Waals surface area contributed by atoms with Crippen LogP contribution in [0.5, 0.6) is 0 Å². The van der Waals surface area contributed by atoms with Gasteiger partial charge >= 0.3 is 0 Å². The van der Waals surface area contributed by atoms with Crippen LogP contribution >= 0.6 is 11.6 Å². The van der Waals surface area contributed by atoms with Crippen LogP contribution in [0.4, 0.5) is 0 Å². The van der Waals surface area contributed by atoms with Gasteiger partial charge in [0.15, 0.2) is 0 Å². The Balaban J connectivity index is 2.49. The van der Waals surface area contributed by atoms with Gasteiger partial charge in [0.05, 0.1) is 17.2 Å². The molecule has 5 heteroatoms. The van der Waals surface area contributed by atoms with Gasteiger partial charge in [-0.1, -0.05) is 0 Å². The monoisotopic (exact) mass is 196 g/mol. The van der Waals surface area contributed by atoms with Crippen LogP contribution in [0.15, 0.2) is 12.3 Å². The van der Waals surface area contributed by atoms with Crippen molar-refractivity contribution in [2.45, 2.75) is 6.54 Å². The van der Waals surface area contributed by atoms with E-state index in [1.54, 1.807) is 6.20 Å². The summed E-state index contributed by atoms with van der Waals surface area (Å²) in [5.74, 6) is 0. The number of halogens is 1. The fourth-order valence-corrected chi connectivity index (χ4v) is 1.38. The van der Waals surface area contributed by atoms with Gasteiger partial charge in [-0.3, -0.25) is 0 Å². The Kier molecular flexibility index (Phi) is 2.16. The van der Waals surface area contributed by atoms with Crippen molar-refractivity contribution in [1.82, 2.24) is 20.3 Å². The number of nitrogens with one attached hydrogen (secondary N) is 2. The summed E-state index contributed by atoms with van der Waals surface area (Å²) in [6.07, 6.45) is 1.68. The Morgan fingerprint density at radius 2 is 2.46 bits per heavy atom. The van der Waals surface area contributed by atoms with Crippen molar-refractivity contribution in [2.75, 3.05) is 7.05 Å². The molecule has 13 heavy (non-hydrogen) atoms. The van der Waals surface area contributed by atoms with E-state index < -0.39 is 0 Å². The van der Waals surface area contributed by atoms with E-state index in [0.717, 1.165) is 23.3 Å². The fraction of sp³-hybridized carbons (Fsp3) is 0.250. The highest BCUT2D eigenvalue weighted by atomic mass is 35.5. The smallest absolute Gasteiger partial charge is 0.223 e. The number of aromatic nitrogens is 3. The molecule has 0 amide bonds. The Bertz CT molecular complexity index is 423. The van der Waals surface area contributed by atoms with Crippen LogP contribution in [0.2, 0.25) is 5.28 Å². The van der Waals surface area contributed by atoms with Crippen molar-refractivity contribution in [1.29, 1.82) is 0 Å². The summed E-state index contributed by atoms with van der Waals surface area (Å²) in [4.78, 5) is 11.1. The minimum atomic E-state index is 0.280. The van der Waals surface area contributed by atoms with Gasteiger partial charge < -0.3 is 10.3 Å². The Hall–Kier alpha value is -1.13. The first kappa shape index (κ1) is 8.47. The van der Waals surface area contributed by atoms with Crippen molar-refractivity contribution in [3.8, 4) is 0 Å². The topological polar surface area (TPSA) is 53.6 Å². The summed E-state index contributed by atoms with van der Waals surface area (Å²) in [5, 5.41) is 3.33. The lowest BCUT2D eigenvalue weighted by Gasteiger charge is -1.91. The van der Waals surface area contributed by atoms with E-state index in [4.69, 9.17) is 11.6 Å². The molecule has 2 heterocycles. The molecule has 0 unspecified atom stereocenters. The first-order chi connectivity index (χ1) is 6.29. The highest BCUT2D eigenvalue weighted by Crippen LogP contribution is 2.13. The molecule has 2 aromatic heterocycles. The first-order valence-corrected chi connectivity index (χ1v) is 4.32. The van der Waals surface area contributed by atoms with E-state index in [-0.39, 0.29) is 5.28 Å². The van der Waals surface area contributed by atoms with Crippen molar-refractivity contribution >= 4 is 22.6 Å². The normalized spacial score (nSPS) is 10.9. The van der Waals surface area contributed by atoms with E-state index in [2.05, 4.69) is 20.3 Å². The lowest BCUT2D eigenvalue weighted by molar-refractivity contribution is 0.799. The number of fused-ring (bicyclic) bond motifs is 1. The van der Waals surface area contributed by atoms with Crippen molar-refractivity contribution in [2.24, 2.45) is 0 Å². The van der Waals surface area contributed by atoms with Gasteiger partial charge in [-0.05, 0) is 24.7 Å². The summed E-state index contributed by atoms with van der Waals surface area (Å²) in [6, 6.07) is 1.96. The molecule has 4 nitrogen and oxygen atoms in total. The van der Waals surface area contributed by atoms with E-state index in [9.17, 15) is 0 Å². The zero-order chi connectivity index (χ0) is 9.26. The minimum absolute atomic E-state index is 0.280. The second-order valence-electron chi connectivity index (χ2n) is 2.76. The van der Waals surface area contributed by atoms with E-state index >= 15 is 0 Å². The molecule has 2 rings (SSSR count). The lowest BCUT2D eigenvalue weighted by atomic mass is 10.4. The summed E-state index contributed by atoms with van der Waals surface area (Å²) >= 11 is 5.65. The Labute approximate surface area is 80.3 Å². The van der Waals surface area contributed by atoms with Gasteiger partial charge in [0.1, 0.15) is 0 Å². The molecule has 68 valence electrons. The second kappa shape index (κ2) is 3.32. The maximum Gasteiger partial charge on any atom is 0.223 e. The van der Waals surface area contributed by atoms with E-state index in [1.807, 2.05) is 13.1 Å². The maximum absolute atomic E-state index is 5.65. The first-order valence-electron chi connectivity index (χ1n) is 3.94. The average Bonchev–Trinajstić information content (AvgIpc) is 2.46. The van der Waals surface area contributed by atoms with Gasteiger partial charge in [-0.25, -0.2) is 9.97 Å². The average molecular weight is 197 g/mol. The molecule has 0 aliphatic carbocycles. The molecule has 0 fully saturated rings. The molecule has 0 saturated carbocycles. The quantitative estimate of drug-likeness (QED) is 0.713. The van der Waals surface area contributed by atoms with Crippen LogP contribution in [0.1, 0.15) is 5.69 Å². The molecule has 0 radical (unpaired) electrons. The highest BCUT2D eigenvalue weighted by Gasteiger charge is 2.01. The SMILES string of the molecule is CNCc1cc2nc(Cl)ncc2[nH]1. The molecule has 0 aliphatic rings. The van der Waals surface area contributed by atoms with Crippen molar-refractivity contribution in [3.05, 3.63) is 23.2 Å². The highest BCUT2D eigenvalue weighted by molar-refractivity contribution is 6.28. The third-order valence-electron chi connectivity index (χ3n) is 1.76. The number of H-pyrrole nitrogens is 1. The zero-order valence-corrected chi connectivity index (χ0v) is 7.89. The van der Waals surface area contributed by atoms with Crippen LogP contribution in [0, 0.1) is 0 Å². The van der Waals surface area contributed by atoms with Gasteiger partial charge in [0.2, 0.25) is 5.28 Å². The Morgan fingerprint density at radius 3 is 3.23 bits per heavy atom. The predicted molar refractivity (Wildman–Crippen MR) is 51.7 cm³/mol. The third kappa shape index (κ3) is 1.64. The molecule has 0 bridgehead atoms. The molecular formula is C8H9ClN4. The third-order valence-corrected chi connectivity index (χ3v) is 1.94. The molecule has 2 aromatic rings. The fourth-order valence-electron chi connectivity index (χ4n) is 1.24. The van der Waals surface area contributed by atoms with E-state index in [1.165, 1.54) is 0 Å². The standard InChI is InChI=1S/C8H9ClN4/c1-10-3-5-2-6-7(12-5)4-11-8(9)13-6/h2,4,10,12H,3H2,1H3. The maximum atomic E-state index is 5.65. The van der Waals surface area contributed by atoms with Gasteiger partial charge in [0, 0.05) is 12.2 Å². The van der Waals surface area contributed by atoms with Gasteiger partial charge in [-0.2, -0.15) is 0 Å². The largest absolute Gasteiger partial charge is 0.355 e. The van der Waals surface area contributed by atoms with Crippen LogP contribution < -0.4 is 5.32 Å². The molecule has 0 aliphatic heterocycles. The molecule has 0 aromatic carbocycles. The summed E-state index contributed by atoms with van der Waals surface area (Å²) in [6.45, 7) is 0.786. The number of nitrogens with zero attached hydrogens (tertiary/aromatic N) is 2. The van der Waals surface area contributed by atoms with Crippen LogP contribution in [0.3, 0.4) is 0 Å². The van der Waals surface area contributed by atoms with Crippen molar-refractivity contribution < 1.29 is 0 Å². The number of rotatable bonds is 2. The zero-order valence-electron chi connectivity index (χ0n) is 7.13. The number of hydrogen-bond acceptors (Lipinski definition) is 3. The molecule has 0 spiro atoms. The molecule has 0 atom stereocenters. The lowest BCUT2D eigenvalue weighted by Crippen LogP contribution is -2.04. The minimum Gasteiger partial charge on any atom is -0.355 e. The predicted octanol–water partition coefficient (Wildman–Crippen LogP) is 1.33.